The summed E-state index contributed by atoms with van der Waals surface area (Å²) < 4.78 is 16.2. The summed E-state index contributed by atoms with van der Waals surface area (Å²) in [5.74, 6) is -1.01. The van der Waals surface area contributed by atoms with Crippen molar-refractivity contribution < 1.29 is 23.8 Å². The van der Waals surface area contributed by atoms with Crippen LogP contribution in [0.2, 0.25) is 0 Å². The van der Waals surface area contributed by atoms with Gasteiger partial charge in [-0.1, -0.05) is 13.8 Å². The first-order chi connectivity index (χ1) is 9.40. The maximum Gasteiger partial charge on any atom is 0.305 e. The van der Waals surface area contributed by atoms with Crippen LogP contribution in [-0.2, 0) is 23.8 Å². The van der Waals surface area contributed by atoms with Crippen LogP contribution in [0.4, 0.5) is 0 Å². The zero-order chi connectivity index (χ0) is 15.3. The van der Waals surface area contributed by atoms with Gasteiger partial charge in [0.15, 0.2) is 6.04 Å². The molecule has 0 bridgehead atoms. The van der Waals surface area contributed by atoms with E-state index in [2.05, 4.69) is 22.4 Å². The fourth-order valence-electron chi connectivity index (χ4n) is 2.35. The molecular formula is C13H19NO5S. The molecule has 1 saturated heterocycles. The topological polar surface area (TPSA) is 74.2 Å². The molecule has 6 nitrogen and oxygen atoms in total. The zero-order valence-corrected chi connectivity index (χ0v) is 12.8. The monoisotopic (exact) mass is 301 g/mol. The summed E-state index contributed by atoms with van der Waals surface area (Å²) in [5.41, 5.74) is 0. The van der Waals surface area contributed by atoms with Crippen LogP contribution in [0, 0.1) is 5.92 Å². The molecule has 0 saturated carbocycles. The minimum atomic E-state index is -0.923. The molecule has 7 heteroatoms. The first kappa shape index (κ1) is 16.8. The maximum atomic E-state index is 11.3. The summed E-state index contributed by atoms with van der Waals surface area (Å²) >= 11 is 4.61. The van der Waals surface area contributed by atoms with Gasteiger partial charge in [-0.25, -0.2) is 4.99 Å². The van der Waals surface area contributed by atoms with E-state index in [4.69, 9.17) is 14.2 Å². The van der Waals surface area contributed by atoms with Gasteiger partial charge in [-0.2, -0.15) is 0 Å². The molecule has 0 aromatic carbocycles. The molecule has 0 amide bonds. The summed E-state index contributed by atoms with van der Waals surface area (Å²) in [7, 11) is 0. The Hall–Kier alpha value is -1.30. The van der Waals surface area contributed by atoms with Gasteiger partial charge >= 0.3 is 11.9 Å². The Morgan fingerprint density at radius 1 is 1.30 bits per heavy atom. The average Bonchev–Trinajstić information content (AvgIpc) is 2.36. The van der Waals surface area contributed by atoms with Gasteiger partial charge in [0, 0.05) is 19.8 Å². The fourth-order valence-corrected chi connectivity index (χ4v) is 2.47. The maximum absolute atomic E-state index is 11.3. The molecule has 1 aliphatic rings. The lowest BCUT2D eigenvalue weighted by Gasteiger charge is -2.42. The second-order valence-electron chi connectivity index (χ2n) is 4.70. The molecule has 0 spiro atoms. The van der Waals surface area contributed by atoms with Crippen molar-refractivity contribution in [2.24, 2.45) is 10.9 Å². The minimum Gasteiger partial charge on any atom is -0.460 e. The molecule has 0 aromatic rings. The van der Waals surface area contributed by atoms with Crippen LogP contribution in [-0.4, -0.2) is 41.6 Å². The first-order valence-corrected chi connectivity index (χ1v) is 6.88. The summed E-state index contributed by atoms with van der Waals surface area (Å²) in [6.07, 6.45) is -0.982. The summed E-state index contributed by atoms with van der Waals surface area (Å²) in [5, 5.41) is 2.24. The van der Waals surface area contributed by atoms with Crippen molar-refractivity contribution in [2.45, 2.75) is 58.7 Å². The number of thiocarbonyl (C=S) groups is 1. The van der Waals surface area contributed by atoms with Gasteiger partial charge in [0.05, 0.1) is 11.3 Å². The number of hydrogen-bond acceptors (Lipinski definition) is 7. The highest BCUT2D eigenvalue weighted by Crippen LogP contribution is 2.32. The fraction of sp³-hybridized carbons (Fsp3) is 0.769. The molecule has 1 fully saturated rings. The Morgan fingerprint density at radius 2 is 1.90 bits per heavy atom. The first-order valence-electron chi connectivity index (χ1n) is 6.47. The van der Waals surface area contributed by atoms with E-state index in [1.807, 2.05) is 13.8 Å². The number of rotatable bonds is 4. The van der Waals surface area contributed by atoms with E-state index < -0.39 is 30.4 Å². The molecule has 0 aliphatic carbocycles. The SMILES string of the molecule is CC[C@H]1OC(OC(C)=O)C(N=C=S)[C@@H](OC(C)=O)[C@@H]1C. The van der Waals surface area contributed by atoms with E-state index in [9.17, 15) is 9.59 Å². The quantitative estimate of drug-likeness (QED) is 0.447. The van der Waals surface area contributed by atoms with Crippen molar-refractivity contribution in [2.75, 3.05) is 0 Å². The number of isothiocyanates is 1. The number of ether oxygens (including phenoxy) is 3. The smallest absolute Gasteiger partial charge is 0.305 e. The summed E-state index contributed by atoms with van der Waals surface area (Å²) in [6.45, 7) is 6.45. The lowest BCUT2D eigenvalue weighted by Crippen LogP contribution is -2.55. The number of hydrogen-bond donors (Lipinski definition) is 0. The van der Waals surface area contributed by atoms with Crippen LogP contribution >= 0.6 is 12.2 Å². The molecule has 2 unspecified atom stereocenters. The van der Waals surface area contributed by atoms with Crippen molar-refractivity contribution in [1.82, 2.24) is 0 Å². The van der Waals surface area contributed by atoms with E-state index >= 15 is 0 Å². The number of esters is 2. The van der Waals surface area contributed by atoms with Crippen molar-refractivity contribution in [3.63, 3.8) is 0 Å². The highest BCUT2D eigenvalue weighted by molar-refractivity contribution is 7.78. The van der Waals surface area contributed by atoms with Crippen LogP contribution in [0.25, 0.3) is 0 Å². The number of carbonyl (C=O) groups excluding carboxylic acids is 2. The number of aliphatic imine (C=N–C) groups is 1. The third-order valence-corrected chi connectivity index (χ3v) is 3.32. The van der Waals surface area contributed by atoms with Crippen LogP contribution in [0.5, 0.6) is 0 Å². The largest absolute Gasteiger partial charge is 0.460 e. The van der Waals surface area contributed by atoms with E-state index in [1.165, 1.54) is 13.8 Å². The van der Waals surface area contributed by atoms with Crippen LogP contribution in [0.3, 0.4) is 0 Å². The van der Waals surface area contributed by atoms with Gasteiger partial charge in [-0.15, -0.1) is 0 Å². The highest BCUT2D eigenvalue weighted by atomic mass is 32.1. The van der Waals surface area contributed by atoms with Gasteiger partial charge < -0.3 is 14.2 Å². The van der Waals surface area contributed by atoms with Gasteiger partial charge in [0.1, 0.15) is 6.10 Å². The summed E-state index contributed by atoms with van der Waals surface area (Å²) in [6, 6.07) is -0.696. The zero-order valence-electron chi connectivity index (χ0n) is 12.0. The summed E-state index contributed by atoms with van der Waals surface area (Å²) in [4.78, 5) is 26.4. The molecular weight excluding hydrogens is 282 g/mol. The average molecular weight is 301 g/mol. The Bertz CT molecular complexity index is 421. The van der Waals surface area contributed by atoms with Gasteiger partial charge in [0.25, 0.3) is 0 Å². The molecule has 1 aliphatic heterocycles. The molecule has 1 heterocycles. The minimum absolute atomic E-state index is 0.0900. The molecule has 0 aromatic heterocycles. The molecule has 20 heavy (non-hydrogen) atoms. The molecule has 0 radical (unpaired) electrons. The second-order valence-corrected chi connectivity index (χ2v) is 4.89. The Labute approximate surface area is 123 Å². The molecule has 0 N–H and O–H groups in total. The Kier molecular flexibility index (Phi) is 6.26. The molecule has 112 valence electrons. The highest BCUT2D eigenvalue weighted by Gasteiger charge is 2.46. The van der Waals surface area contributed by atoms with Crippen molar-refractivity contribution >= 4 is 29.3 Å². The third kappa shape index (κ3) is 4.10. The third-order valence-electron chi connectivity index (χ3n) is 3.22. The predicted molar refractivity (Wildman–Crippen MR) is 74.3 cm³/mol. The predicted octanol–water partition coefficient (Wildman–Crippen LogP) is 1.72. The van der Waals surface area contributed by atoms with Crippen LogP contribution < -0.4 is 0 Å². The van der Waals surface area contributed by atoms with Crippen molar-refractivity contribution in [3.8, 4) is 0 Å². The molecule has 5 atom stereocenters. The van der Waals surface area contributed by atoms with E-state index in [-0.39, 0.29) is 12.0 Å². The number of carbonyl (C=O) groups is 2. The van der Waals surface area contributed by atoms with Gasteiger partial charge in [0.2, 0.25) is 6.29 Å². The Morgan fingerprint density at radius 3 is 2.35 bits per heavy atom. The van der Waals surface area contributed by atoms with E-state index in [1.54, 1.807) is 0 Å². The standard InChI is InChI=1S/C13H19NO5S/c1-5-10-7(2)12(17-8(3)15)11(14-6-20)13(19-10)18-9(4)16/h7,10-13H,5H2,1-4H3/t7-,10-,11?,12+,13?/m1/s1. The lowest BCUT2D eigenvalue weighted by atomic mass is 9.88. The number of nitrogens with zero attached hydrogens (tertiary/aromatic N) is 1. The van der Waals surface area contributed by atoms with Gasteiger partial charge in [-0.3, -0.25) is 9.59 Å². The van der Waals surface area contributed by atoms with Crippen molar-refractivity contribution in [1.29, 1.82) is 0 Å². The normalized spacial score (nSPS) is 32.9. The van der Waals surface area contributed by atoms with E-state index in [0.29, 0.717) is 6.42 Å². The van der Waals surface area contributed by atoms with Crippen molar-refractivity contribution in [3.05, 3.63) is 0 Å². The van der Waals surface area contributed by atoms with Crippen LogP contribution in [0.15, 0.2) is 4.99 Å². The van der Waals surface area contributed by atoms with E-state index in [0.717, 1.165) is 0 Å². The molecule has 1 rings (SSSR count). The second kappa shape index (κ2) is 7.47. The Balaban J connectivity index is 3.06. The van der Waals surface area contributed by atoms with Gasteiger partial charge in [-0.05, 0) is 18.6 Å². The lowest BCUT2D eigenvalue weighted by molar-refractivity contribution is -0.241. The van der Waals surface area contributed by atoms with Crippen LogP contribution in [0.1, 0.15) is 34.1 Å².